The van der Waals surface area contributed by atoms with Crippen LogP contribution in [0.4, 0.5) is 17.6 Å². The van der Waals surface area contributed by atoms with Crippen molar-refractivity contribution in [3.8, 4) is 0 Å². The van der Waals surface area contributed by atoms with Crippen LogP contribution < -0.4 is 4.72 Å². The molecule has 9 heteroatoms. The molecule has 1 saturated heterocycles. The third kappa shape index (κ3) is 1.48. The molecule has 19 heavy (non-hydrogen) atoms. The largest absolute Gasteiger partial charge is 0.307 e. The van der Waals surface area contributed by atoms with Crippen molar-refractivity contribution in [2.24, 2.45) is 0 Å². The fourth-order valence-electron chi connectivity index (χ4n) is 2.64. The highest BCUT2D eigenvalue weighted by Crippen LogP contribution is 2.56. The summed E-state index contributed by atoms with van der Waals surface area (Å²) < 4.78 is 65.5. The van der Waals surface area contributed by atoms with Gasteiger partial charge >= 0.3 is 5.92 Å². The molecular weight excluding hydrogens is 284 g/mol. The number of aromatic nitrogens is 2. The van der Waals surface area contributed by atoms with Crippen LogP contribution in [0.5, 0.6) is 0 Å². The summed E-state index contributed by atoms with van der Waals surface area (Å²) in [6.45, 7) is 3.24. The highest BCUT2D eigenvalue weighted by atomic mass is 32.2. The van der Waals surface area contributed by atoms with E-state index >= 15 is 0 Å². The highest BCUT2D eigenvalue weighted by molar-refractivity contribution is 7.85. The molecule has 0 saturated carbocycles. The van der Waals surface area contributed by atoms with E-state index in [1.165, 1.54) is 0 Å². The van der Waals surface area contributed by atoms with Crippen molar-refractivity contribution in [1.29, 1.82) is 4.78 Å². The van der Waals surface area contributed by atoms with Gasteiger partial charge in [0.15, 0.2) is 0 Å². The van der Waals surface area contributed by atoms with Crippen molar-refractivity contribution in [2.45, 2.75) is 43.5 Å². The summed E-state index contributed by atoms with van der Waals surface area (Å²) in [5, 5.41) is 2.79. The quantitative estimate of drug-likeness (QED) is 0.825. The number of alkyl halides is 4. The number of nitrogens with one attached hydrogen (secondary N) is 2. The lowest BCUT2D eigenvalue weighted by molar-refractivity contribution is -0.0389. The molecule has 0 bridgehead atoms. The SMILES string of the molecule is CC(C)n1nc(C(F)F)c2c1C(F)(F)C1NS(=N)C21. The molecule has 0 amide bonds. The Hall–Kier alpha value is -0.960. The third-order valence-electron chi connectivity index (χ3n) is 3.47. The average Bonchev–Trinajstić information content (AvgIpc) is 2.72. The monoisotopic (exact) mass is 296 g/mol. The van der Waals surface area contributed by atoms with Gasteiger partial charge in [-0.3, -0.25) is 9.46 Å². The van der Waals surface area contributed by atoms with Crippen LogP contribution in [-0.4, -0.2) is 15.8 Å². The maximum atomic E-state index is 14.3. The van der Waals surface area contributed by atoms with Crippen LogP contribution in [0.1, 0.15) is 48.5 Å². The van der Waals surface area contributed by atoms with E-state index in [9.17, 15) is 17.6 Å². The lowest BCUT2D eigenvalue weighted by Crippen LogP contribution is -2.55. The van der Waals surface area contributed by atoms with Crippen LogP contribution in [0.15, 0.2) is 0 Å². The van der Waals surface area contributed by atoms with Crippen LogP contribution >= 0.6 is 0 Å². The maximum absolute atomic E-state index is 14.3. The van der Waals surface area contributed by atoms with Gasteiger partial charge in [-0.15, -0.1) is 0 Å². The molecule has 3 atom stereocenters. The predicted octanol–water partition coefficient (Wildman–Crippen LogP) is 2.82. The summed E-state index contributed by atoms with van der Waals surface area (Å²) in [6.07, 6.45) is -2.90. The molecule has 0 radical (unpaired) electrons. The van der Waals surface area contributed by atoms with E-state index in [4.69, 9.17) is 4.78 Å². The van der Waals surface area contributed by atoms with Crippen LogP contribution in [0, 0.1) is 4.78 Å². The topological polar surface area (TPSA) is 53.7 Å². The highest BCUT2D eigenvalue weighted by Gasteiger charge is 2.65. The number of halogens is 4. The summed E-state index contributed by atoms with van der Waals surface area (Å²) >= 11 is 0. The lowest BCUT2D eigenvalue weighted by Gasteiger charge is -2.37. The molecule has 2 N–H and O–H groups in total. The van der Waals surface area contributed by atoms with Crippen molar-refractivity contribution in [3.05, 3.63) is 17.0 Å². The molecule has 3 rings (SSSR count). The summed E-state index contributed by atoms with van der Waals surface area (Å²) in [5.41, 5.74) is -1.15. The van der Waals surface area contributed by atoms with Gasteiger partial charge in [-0.2, -0.15) is 13.9 Å². The second-order valence-corrected chi connectivity index (χ2v) is 6.38. The number of fused-ring (bicyclic) bond motifs is 3. The molecule has 3 unspecified atom stereocenters. The Morgan fingerprint density at radius 1 is 1.42 bits per heavy atom. The minimum atomic E-state index is -3.26. The summed E-state index contributed by atoms with van der Waals surface area (Å²) in [4.78, 5) is 0. The van der Waals surface area contributed by atoms with E-state index in [1.807, 2.05) is 0 Å². The van der Waals surface area contributed by atoms with E-state index in [0.717, 1.165) is 4.68 Å². The Bertz CT molecular complexity index is 568. The van der Waals surface area contributed by atoms with Gasteiger partial charge < -0.3 is 0 Å². The van der Waals surface area contributed by atoms with Gasteiger partial charge in [0.1, 0.15) is 17.4 Å². The Morgan fingerprint density at radius 2 is 2.05 bits per heavy atom. The number of hydrogen-bond donors (Lipinski definition) is 2. The zero-order chi connectivity index (χ0) is 14.1. The van der Waals surface area contributed by atoms with Gasteiger partial charge in [0.05, 0.1) is 5.25 Å². The first-order chi connectivity index (χ1) is 8.76. The second-order valence-electron chi connectivity index (χ2n) is 4.96. The van der Waals surface area contributed by atoms with Crippen LogP contribution in [0.25, 0.3) is 0 Å². The molecule has 2 aliphatic rings. The molecule has 0 spiro atoms. The minimum Gasteiger partial charge on any atom is -0.265 e. The smallest absolute Gasteiger partial charge is 0.265 e. The fraction of sp³-hybridized carbons (Fsp3) is 0.700. The maximum Gasteiger partial charge on any atom is 0.307 e. The molecule has 1 aromatic heterocycles. The Labute approximate surface area is 109 Å². The van der Waals surface area contributed by atoms with Crippen molar-refractivity contribution < 1.29 is 17.6 Å². The van der Waals surface area contributed by atoms with E-state index in [-0.39, 0.29) is 5.56 Å². The fourth-order valence-corrected chi connectivity index (χ4v) is 4.10. The first kappa shape index (κ1) is 13.0. The van der Waals surface area contributed by atoms with Gasteiger partial charge in [0.2, 0.25) is 0 Å². The first-order valence-electron chi connectivity index (χ1n) is 5.76. The van der Waals surface area contributed by atoms with Gasteiger partial charge in [-0.05, 0) is 24.7 Å². The first-order valence-corrected chi connectivity index (χ1v) is 7.04. The zero-order valence-electron chi connectivity index (χ0n) is 10.1. The van der Waals surface area contributed by atoms with Gasteiger partial charge in [0.25, 0.3) is 6.43 Å². The molecule has 4 nitrogen and oxygen atoms in total. The summed E-state index contributed by atoms with van der Waals surface area (Å²) in [7, 11) is -1.25. The van der Waals surface area contributed by atoms with Gasteiger partial charge in [-0.1, -0.05) is 0 Å². The van der Waals surface area contributed by atoms with E-state index < -0.39 is 51.9 Å². The Morgan fingerprint density at radius 3 is 2.53 bits per heavy atom. The third-order valence-corrected chi connectivity index (χ3v) is 5.00. The van der Waals surface area contributed by atoms with E-state index in [0.29, 0.717) is 0 Å². The predicted molar refractivity (Wildman–Crippen MR) is 61.2 cm³/mol. The molecule has 0 aromatic carbocycles. The molecule has 1 aliphatic carbocycles. The van der Waals surface area contributed by atoms with Crippen LogP contribution in [0.3, 0.4) is 0 Å². The van der Waals surface area contributed by atoms with Crippen molar-refractivity contribution >= 4 is 10.9 Å². The zero-order valence-corrected chi connectivity index (χ0v) is 10.9. The van der Waals surface area contributed by atoms with Crippen molar-refractivity contribution in [3.63, 3.8) is 0 Å². The minimum absolute atomic E-state index is 0.115. The van der Waals surface area contributed by atoms with Crippen LogP contribution in [-0.2, 0) is 16.8 Å². The molecule has 1 fully saturated rings. The summed E-state index contributed by atoms with van der Waals surface area (Å²) in [5.74, 6) is -3.26. The second kappa shape index (κ2) is 3.78. The molecule has 1 aliphatic heterocycles. The van der Waals surface area contributed by atoms with Gasteiger partial charge in [-0.25, -0.2) is 13.5 Å². The Kier molecular flexibility index (Phi) is 2.60. The number of rotatable bonds is 2. The number of nitrogens with zero attached hydrogens (tertiary/aromatic N) is 2. The lowest BCUT2D eigenvalue weighted by atomic mass is 10.1. The van der Waals surface area contributed by atoms with Gasteiger partial charge in [0, 0.05) is 11.6 Å². The molecule has 2 heterocycles. The molecular formula is C10H12F4N4S. The van der Waals surface area contributed by atoms with E-state index in [1.54, 1.807) is 13.8 Å². The van der Waals surface area contributed by atoms with E-state index in [2.05, 4.69) is 9.82 Å². The average molecular weight is 296 g/mol. The molecule has 1 aromatic rings. The van der Waals surface area contributed by atoms with Crippen molar-refractivity contribution in [1.82, 2.24) is 14.5 Å². The standard InChI is InChI=1S/C10H12F4N4S/c1-3(2)18-8-4(5(16-18)9(11)12)6-7(10(8,13)14)17-19(6)15/h3,6-7,9H,1-2H3,(H2,15,17). The number of hydrogen-bond acceptors (Lipinski definition) is 2. The normalized spacial score (nSPS) is 31.5. The van der Waals surface area contributed by atoms with Crippen LogP contribution in [0.2, 0.25) is 0 Å². The Balaban J connectivity index is 2.27. The molecule has 106 valence electrons. The van der Waals surface area contributed by atoms with Crippen molar-refractivity contribution in [2.75, 3.05) is 0 Å². The summed E-state index contributed by atoms with van der Waals surface area (Å²) in [6, 6.07) is -1.68.